The van der Waals surface area contributed by atoms with Crippen LogP contribution in [0.5, 0.6) is 0 Å². The number of benzene rings is 2. The summed E-state index contributed by atoms with van der Waals surface area (Å²) in [6.45, 7) is 0.612. The molecule has 24 heavy (non-hydrogen) atoms. The zero-order valence-electron chi connectivity index (χ0n) is 13.0. The summed E-state index contributed by atoms with van der Waals surface area (Å²) in [5.74, 6) is -0.656. The molecule has 0 spiro atoms. The number of carboxylic acid groups (broad SMARTS) is 1. The lowest BCUT2D eigenvalue weighted by Gasteiger charge is -2.09. The zero-order chi connectivity index (χ0) is 17.1. The van der Waals surface area contributed by atoms with Gasteiger partial charge in [-0.05, 0) is 48.2 Å². The third-order valence-electron chi connectivity index (χ3n) is 3.56. The van der Waals surface area contributed by atoms with Gasteiger partial charge in [0.1, 0.15) is 5.03 Å². The first-order valence-electron chi connectivity index (χ1n) is 7.24. The molecule has 0 bridgehead atoms. The highest BCUT2D eigenvalue weighted by molar-refractivity contribution is 7.98. The summed E-state index contributed by atoms with van der Waals surface area (Å²) in [6.07, 6.45) is 1.95. The molecule has 0 radical (unpaired) electrons. The van der Waals surface area contributed by atoms with E-state index in [9.17, 15) is 4.79 Å². The van der Waals surface area contributed by atoms with E-state index in [0.29, 0.717) is 6.54 Å². The molecule has 0 fully saturated rings. The van der Waals surface area contributed by atoms with Crippen LogP contribution in [0.25, 0.3) is 10.9 Å². The van der Waals surface area contributed by atoms with E-state index in [1.54, 1.807) is 24.3 Å². The maximum atomic E-state index is 10.9. The molecule has 3 rings (SSSR count). The van der Waals surface area contributed by atoms with Gasteiger partial charge in [-0.1, -0.05) is 6.07 Å². The second-order valence-electron chi connectivity index (χ2n) is 5.18. The van der Waals surface area contributed by atoms with Gasteiger partial charge in [0.2, 0.25) is 5.95 Å². The minimum Gasteiger partial charge on any atom is -0.478 e. The van der Waals surface area contributed by atoms with Gasteiger partial charge >= 0.3 is 5.97 Å². The summed E-state index contributed by atoms with van der Waals surface area (Å²) in [5, 5.41) is 14.0. The minimum atomic E-state index is -0.931. The monoisotopic (exact) mass is 340 g/mol. The molecule has 0 aliphatic carbocycles. The van der Waals surface area contributed by atoms with Gasteiger partial charge in [-0.3, -0.25) is 0 Å². The normalized spacial score (nSPS) is 10.7. The van der Waals surface area contributed by atoms with Crippen LogP contribution in [0.4, 0.5) is 11.6 Å². The number of hydrogen-bond donors (Lipinski definition) is 3. The Hall–Kier alpha value is -2.80. The smallest absolute Gasteiger partial charge is 0.335 e. The number of nitrogens with zero attached hydrogens (tertiary/aromatic N) is 2. The summed E-state index contributed by atoms with van der Waals surface area (Å²) >= 11 is 1.53. The number of aromatic nitrogens is 2. The van der Waals surface area contributed by atoms with Crippen LogP contribution in [0.2, 0.25) is 0 Å². The Balaban J connectivity index is 1.80. The third-order valence-corrected chi connectivity index (χ3v) is 4.26. The third kappa shape index (κ3) is 3.41. The van der Waals surface area contributed by atoms with Crippen LogP contribution >= 0.6 is 11.8 Å². The number of carboxylic acids is 1. The maximum absolute atomic E-state index is 10.9. The van der Waals surface area contributed by atoms with E-state index in [-0.39, 0.29) is 11.5 Å². The summed E-state index contributed by atoms with van der Waals surface area (Å²) in [7, 11) is 0. The fourth-order valence-corrected chi connectivity index (χ4v) is 2.93. The first kappa shape index (κ1) is 16.1. The molecule has 0 saturated heterocycles. The molecule has 0 amide bonds. The van der Waals surface area contributed by atoms with E-state index in [4.69, 9.17) is 10.8 Å². The van der Waals surface area contributed by atoms with Gasteiger partial charge in [-0.2, -0.15) is 0 Å². The van der Waals surface area contributed by atoms with Crippen molar-refractivity contribution in [3.63, 3.8) is 0 Å². The van der Waals surface area contributed by atoms with Crippen LogP contribution in [0.1, 0.15) is 15.9 Å². The molecule has 1 aromatic heterocycles. The Morgan fingerprint density at radius 3 is 2.62 bits per heavy atom. The highest BCUT2D eigenvalue weighted by atomic mass is 32.2. The van der Waals surface area contributed by atoms with Crippen molar-refractivity contribution in [2.45, 2.75) is 11.6 Å². The number of nitrogens with one attached hydrogen (secondary N) is 1. The largest absolute Gasteiger partial charge is 0.478 e. The predicted octanol–water partition coefficient (Wildman–Crippen LogP) is 3.24. The second-order valence-corrected chi connectivity index (χ2v) is 5.97. The fourth-order valence-electron chi connectivity index (χ4n) is 2.37. The molecule has 0 aliphatic heterocycles. The Labute approximate surface area is 143 Å². The number of rotatable bonds is 5. The Bertz CT molecular complexity index is 897. The van der Waals surface area contributed by atoms with Crippen molar-refractivity contribution in [1.29, 1.82) is 0 Å². The van der Waals surface area contributed by atoms with Crippen LogP contribution in [0.3, 0.4) is 0 Å². The van der Waals surface area contributed by atoms with Gasteiger partial charge in [0.15, 0.2) is 0 Å². The van der Waals surface area contributed by atoms with Crippen molar-refractivity contribution < 1.29 is 9.90 Å². The van der Waals surface area contributed by atoms with E-state index in [2.05, 4.69) is 15.3 Å². The SMILES string of the molecule is CSc1nc(N)nc2ccc(CNc3ccc(C(=O)O)cc3)cc12. The number of carbonyl (C=O) groups is 1. The van der Waals surface area contributed by atoms with Gasteiger partial charge in [0.05, 0.1) is 11.1 Å². The summed E-state index contributed by atoms with van der Waals surface area (Å²) in [4.78, 5) is 19.4. The molecular formula is C17H16N4O2S. The topological polar surface area (TPSA) is 101 Å². The number of nitrogens with two attached hydrogens (primary N) is 1. The number of nitrogen functional groups attached to an aromatic ring is 1. The van der Waals surface area contributed by atoms with Crippen molar-refractivity contribution in [2.24, 2.45) is 0 Å². The van der Waals surface area contributed by atoms with Crippen molar-refractivity contribution in [3.8, 4) is 0 Å². The molecular weight excluding hydrogens is 324 g/mol. The Morgan fingerprint density at radius 1 is 1.21 bits per heavy atom. The molecule has 2 aromatic carbocycles. The zero-order valence-corrected chi connectivity index (χ0v) is 13.8. The van der Waals surface area contributed by atoms with Crippen LogP contribution < -0.4 is 11.1 Å². The Kier molecular flexibility index (Phi) is 4.52. The van der Waals surface area contributed by atoms with Crippen LogP contribution in [-0.2, 0) is 6.54 Å². The van der Waals surface area contributed by atoms with Crippen molar-refractivity contribution in [3.05, 3.63) is 53.6 Å². The van der Waals surface area contributed by atoms with E-state index < -0.39 is 5.97 Å². The molecule has 122 valence electrons. The highest BCUT2D eigenvalue weighted by Crippen LogP contribution is 2.25. The molecule has 4 N–H and O–H groups in total. The van der Waals surface area contributed by atoms with Gasteiger partial charge < -0.3 is 16.2 Å². The lowest BCUT2D eigenvalue weighted by atomic mass is 10.1. The Morgan fingerprint density at radius 2 is 1.96 bits per heavy atom. The summed E-state index contributed by atoms with van der Waals surface area (Å²) in [5.41, 5.74) is 8.74. The molecule has 0 atom stereocenters. The second kappa shape index (κ2) is 6.76. The highest BCUT2D eigenvalue weighted by Gasteiger charge is 2.07. The lowest BCUT2D eigenvalue weighted by Crippen LogP contribution is -2.02. The number of hydrogen-bond acceptors (Lipinski definition) is 6. The quantitative estimate of drug-likeness (QED) is 0.484. The summed E-state index contributed by atoms with van der Waals surface area (Å²) in [6, 6.07) is 12.6. The van der Waals surface area contributed by atoms with E-state index >= 15 is 0 Å². The molecule has 0 saturated carbocycles. The molecule has 0 unspecified atom stereocenters. The molecule has 6 nitrogen and oxygen atoms in total. The van der Waals surface area contributed by atoms with E-state index in [1.807, 2.05) is 24.5 Å². The molecule has 1 heterocycles. The number of thioether (sulfide) groups is 1. The molecule has 0 aliphatic rings. The standard InChI is InChI=1S/C17H16N4O2S/c1-24-15-13-8-10(2-7-14(13)20-17(18)21-15)9-19-12-5-3-11(4-6-12)16(22)23/h2-8,19H,9H2,1H3,(H,22,23)(H2,18,20,21). The van der Waals surface area contributed by atoms with Crippen molar-refractivity contribution in [1.82, 2.24) is 9.97 Å². The predicted molar refractivity (Wildman–Crippen MR) is 96.5 cm³/mol. The molecule has 3 aromatic rings. The fraction of sp³-hybridized carbons (Fsp3) is 0.118. The maximum Gasteiger partial charge on any atom is 0.335 e. The first-order chi connectivity index (χ1) is 11.6. The lowest BCUT2D eigenvalue weighted by molar-refractivity contribution is 0.0697. The van der Waals surface area contributed by atoms with Gasteiger partial charge in [0.25, 0.3) is 0 Å². The minimum absolute atomic E-state index is 0.269. The van der Waals surface area contributed by atoms with Gasteiger partial charge in [0, 0.05) is 17.6 Å². The average Bonchev–Trinajstić information content (AvgIpc) is 2.59. The van der Waals surface area contributed by atoms with Crippen molar-refractivity contribution in [2.75, 3.05) is 17.3 Å². The number of aromatic carboxylic acids is 1. The van der Waals surface area contributed by atoms with E-state index in [0.717, 1.165) is 27.2 Å². The van der Waals surface area contributed by atoms with Crippen LogP contribution in [-0.4, -0.2) is 27.3 Å². The molecule has 7 heteroatoms. The average molecular weight is 340 g/mol. The van der Waals surface area contributed by atoms with Gasteiger partial charge in [-0.15, -0.1) is 11.8 Å². The van der Waals surface area contributed by atoms with Crippen molar-refractivity contribution >= 4 is 40.3 Å². The number of fused-ring (bicyclic) bond motifs is 1. The summed E-state index contributed by atoms with van der Waals surface area (Å²) < 4.78 is 0. The van der Waals surface area contributed by atoms with E-state index in [1.165, 1.54) is 11.8 Å². The van der Waals surface area contributed by atoms with Crippen LogP contribution in [0.15, 0.2) is 47.5 Å². The van der Waals surface area contributed by atoms with Gasteiger partial charge in [-0.25, -0.2) is 14.8 Å². The number of anilines is 2. The van der Waals surface area contributed by atoms with Crippen LogP contribution in [0, 0.1) is 0 Å². The first-order valence-corrected chi connectivity index (χ1v) is 8.46.